The molecule has 1 saturated heterocycles. The third kappa shape index (κ3) is 5.31. The summed E-state index contributed by atoms with van der Waals surface area (Å²) in [5.41, 5.74) is 4.32. The quantitative estimate of drug-likeness (QED) is 0.576. The van der Waals surface area contributed by atoms with Gasteiger partial charge in [-0.2, -0.15) is 0 Å². The molecule has 1 aliphatic heterocycles. The molecule has 1 unspecified atom stereocenters. The first kappa shape index (κ1) is 22.0. The first-order chi connectivity index (χ1) is 15.5. The maximum atomic E-state index is 12.2. The summed E-state index contributed by atoms with van der Waals surface area (Å²) in [6.45, 7) is 3.19. The molecule has 0 radical (unpaired) electrons. The monoisotopic (exact) mass is 435 g/mol. The Hall–Kier alpha value is -3.26. The zero-order chi connectivity index (χ0) is 22.5. The molecule has 2 aromatic heterocycles. The number of rotatable bonds is 8. The van der Waals surface area contributed by atoms with Crippen molar-refractivity contribution in [2.45, 2.75) is 45.3 Å². The van der Waals surface area contributed by atoms with Crippen LogP contribution in [0.2, 0.25) is 0 Å². The summed E-state index contributed by atoms with van der Waals surface area (Å²) in [6.07, 6.45) is 5.44. The first-order valence-corrected chi connectivity index (χ1v) is 11.0. The molecule has 1 aromatic carbocycles. The third-order valence-electron chi connectivity index (χ3n) is 5.50. The molecule has 1 fully saturated rings. The molecule has 3 heterocycles. The Bertz CT molecular complexity index is 1060. The highest BCUT2D eigenvalue weighted by Crippen LogP contribution is 2.31. The van der Waals surface area contributed by atoms with Gasteiger partial charge in [-0.25, -0.2) is 9.97 Å². The number of nitrogens with one attached hydrogen (secondary N) is 1. The van der Waals surface area contributed by atoms with Gasteiger partial charge in [0.2, 0.25) is 11.9 Å². The number of benzene rings is 1. The smallest absolute Gasteiger partial charge is 0.225 e. The summed E-state index contributed by atoms with van der Waals surface area (Å²) in [7, 11) is 3.81. The molecule has 32 heavy (non-hydrogen) atoms. The molecular formula is C24H29N5O3. The predicted molar refractivity (Wildman–Crippen MR) is 122 cm³/mol. The van der Waals surface area contributed by atoms with Crippen molar-refractivity contribution < 1.29 is 14.1 Å². The van der Waals surface area contributed by atoms with E-state index >= 15 is 0 Å². The summed E-state index contributed by atoms with van der Waals surface area (Å²) in [6, 6.07) is 9.88. The van der Waals surface area contributed by atoms with Gasteiger partial charge < -0.3 is 19.5 Å². The fourth-order valence-electron chi connectivity index (χ4n) is 3.71. The van der Waals surface area contributed by atoms with Crippen LogP contribution in [-0.4, -0.2) is 47.8 Å². The number of ether oxygens (including phenoxy) is 1. The Labute approximate surface area is 188 Å². The lowest BCUT2D eigenvalue weighted by Crippen LogP contribution is -2.23. The van der Waals surface area contributed by atoms with Gasteiger partial charge in [-0.1, -0.05) is 29.4 Å². The molecule has 4 rings (SSSR count). The minimum atomic E-state index is 0.0546. The molecule has 0 bridgehead atoms. The van der Waals surface area contributed by atoms with Gasteiger partial charge in [0, 0.05) is 51.5 Å². The average molecular weight is 436 g/mol. The number of nitrogens with zero attached hydrogens (tertiary/aromatic N) is 4. The molecule has 3 aromatic rings. The zero-order valence-electron chi connectivity index (χ0n) is 18.8. The van der Waals surface area contributed by atoms with E-state index in [9.17, 15) is 4.79 Å². The second-order valence-corrected chi connectivity index (χ2v) is 8.31. The molecule has 168 valence electrons. The van der Waals surface area contributed by atoms with E-state index in [1.54, 1.807) is 6.20 Å². The van der Waals surface area contributed by atoms with Crippen LogP contribution in [0.15, 0.2) is 41.1 Å². The summed E-state index contributed by atoms with van der Waals surface area (Å²) in [4.78, 5) is 23.2. The van der Waals surface area contributed by atoms with Crippen molar-refractivity contribution in [1.29, 1.82) is 0 Å². The number of carbonyl (C=O) groups is 1. The van der Waals surface area contributed by atoms with E-state index in [1.165, 1.54) is 0 Å². The van der Waals surface area contributed by atoms with Crippen molar-refractivity contribution in [2.75, 3.05) is 25.6 Å². The Balaban J connectivity index is 1.45. The normalized spacial score (nSPS) is 15.7. The van der Waals surface area contributed by atoms with Crippen molar-refractivity contribution in [3.63, 3.8) is 0 Å². The number of aryl methyl sites for hydroxylation is 1. The van der Waals surface area contributed by atoms with Gasteiger partial charge in [0.25, 0.3) is 0 Å². The molecule has 8 heteroatoms. The van der Waals surface area contributed by atoms with Gasteiger partial charge in [0.05, 0.1) is 23.1 Å². The van der Waals surface area contributed by atoms with Gasteiger partial charge in [0.1, 0.15) is 0 Å². The second-order valence-electron chi connectivity index (χ2n) is 8.31. The lowest BCUT2D eigenvalue weighted by molar-refractivity contribution is -0.121. The molecule has 0 spiro atoms. The van der Waals surface area contributed by atoms with E-state index in [0.717, 1.165) is 53.9 Å². The number of carbonyl (C=O) groups excluding carboxylic acids is 1. The molecular weight excluding hydrogens is 406 g/mol. The van der Waals surface area contributed by atoms with Crippen molar-refractivity contribution in [3.05, 3.63) is 47.8 Å². The second kappa shape index (κ2) is 9.91. The van der Waals surface area contributed by atoms with Gasteiger partial charge in [-0.05, 0) is 31.7 Å². The third-order valence-corrected chi connectivity index (χ3v) is 5.50. The highest BCUT2D eigenvalue weighted by molar-refractivity contribution is 5.79. The van der Waals surface area contributed by atoms with E-state index < -0.39 is 0 Å². The van der Waals surface area contributed by atoms with Crippen LogP contribution in [0.25, 0.3) is 22.6 Å². The summed E-state index contributed by atoms with van der Waals surface area (Å²) >= 11 is 0. The largest absolute Gasteiger partial charge is 0.378 e. The highest BCUT2D eigenvalue weighted by Gasteiger charge is 2.17. The van der Waals surface area contributed by atoms with Crippen molar-refractivity contribution >= 4 is 11.9 Å². The van der Waals surface area contributed by atoms with Crippen molar-refractivity contribution in [3.8, 4) is 22.6 Å². The van der Waals surface area contributed by atoms with Gasteiger partial charge in [0.15, 0.2) is 5.76 Å². The molecule has 1 N–H and O–H groups in total. The van der Waals surface area contributed by atoms with Crippen molar-refractivity contribution in [2.24, 2.45) is 0 Å². The molecule has 8 nitrogen and oxygen atoms in total. The van der Waals surface area contributed by atoms with Gasteiger partial charge in [-0.15, -0.1) is 0 Å². The summed E-state index contributed by atoms with van der Waals surface area (Å²) in [5.74, 6) is 1.30. The van der Waals surface area contributed by atoms with Crippen LogP contribution in [0.4, 0.5) is 5.95 Å². The van der Waals surface area contributed by atoms with Crippen LogP contribution >= 0.6 is 0 Å². The van der Waals surface area contributed by atoms with Gasteiger partial charge >= 0.3 is 0 Å². The lowest BCUT2D eigenvalue weighted by Gasteiger charge is -2.14. The van der Waals surface area contributed by atoms with Gasteiger partial charge in [-0.3, -0.25) is 4.79 Å². The summed E-state index contributed by atoms with van der Waals surface area (Å²) < 4.78 is 11.0. The zero-order valence-corrected chi connectivity index (χ0v) is 18.8. The highest BCUT2D eigenvalue weighted by atomic mass is 16.5. The molecule has 0 saturated carbocycles. The van der Waals surface area contributed by atoms with Crippen LogP contribution in [-0.2, 0) is 16.1 Å². The standard InChI is InChI=1S/C24H29N5O3/c1-16-13-21(32-28-16)20-15-26-24(29(2)3)27-23(20)18-8-6-17(7-9-18)14-25-22(30)11-10-19-5-4-12-31-19/h6-9,13,15,19H,4-5,10-12,14H2,1-3H3,(H,25,30). The number of aromatic nitrogens is 3. The maximum absolute atomic E-state index is 12.2. The fourth-order valence-corrected chi connectivity index (χ4v) is 3.71. The predicted octanol–water partition coefficient (Wildman–Crippen LogP) is 3.75. The van der Waals surface area contributed by atoms with E-state index in [2.05, 4.69) is 15.5 Å². The van der Waals surface area contributed by atoms with Crippen molar-refractivity contribution in [1.82, 2.24) is 20.4 Å². The molecule has 0 aliphatic carbocycles. The maximum Gasteiger partial charge on any atom is 0.225 e. The number of hydrogen-bond acceptors (Lipinski definition) is 7. The number of anilines is 1. The van der Waals surface area contributed by atoms with Crippen LogP contribution in [0, 0.1) is 6.92 Å². The van der Waals surface area contributed by atoms with E-state index in [1.807, 2.05) is 56.3 Å². The first-order valence-electron chi connectivity index (χ1n) is 11.0. The van der Waals surface area contributed by atoms with E-state index in [0.29, 0.717) is 24.7 Å². The Kier molecular flexibility index (Phi) is 6.80. The fraction of sp³-hybridized carbons (Fsp3) is 0.417. The Morgan fingerprint density at radius 1 is 1.25 bits per heavy atom. The molecule has 1 amide bonds. The minimum absolute atomic E-state index is 0.0546. The van der Waals surface area contributed by atoms with E-state index in [4.69, 9.17) is 14.2 Å². The average Bonchev–Trinajstić information content (AvgIpc) is 3.48. The topological polar surface area (TPSA) is 93.4 Å². The lowest BCUT2D eigenvalue weighted by atomic mass is 10.0. The summed E-state index contributed by atoms with van der Waals surface area (Å²) in [5, 5.41) is 6.99. The molecule has 1 atom stereocenters. The van der Waals surface area contributed by atoms with E-state index in [-0.39, 0.29) is 12.0 Å². The van der Waals surface area contributed by atoms with Crippen LogP contribution in [0.5, 0.6) is 0 Å². The SMILES string of the molecule is Cc1cc(-c2cnc(N(C)C)nc2-c2ccc(CNC(=O)CCC3CCCO3)cc2)on1. The van der Waals surface area contributed by atoms with Crippen LogP contribution in [0.1, 0.15) is 36.9 Å². The van der Waals surface area contributed by atoms with Crippen LogP contribution in [0.3, 0.4) is 0 Å². The number of hydrogen-bond donors (Lipinski definition) is 1. The number of amides is 1. The Morgan fingerprint density at radius 2 is 2.06 bits per heavy atom. The van der Waals surface area contributed by atoms with Crippen LogP contribution < -0.4 is 10.2 Å². The Morgan fingerprint density at radius 3 is 2.72 bits per heavy atom. The minimum Gasteiger partial charge on any atom is -0.378 e. The molecule has 1 aliphatic rings.